The number of aromatic nitrogens is 1. The Hall–Kier alpha value is -2.73. The highest BCUT2D eigenvalue weighted by molar-refractivity contribution is 6.29. The largest absolute Gasteiger partial charge is 0.497 e. The fraction of sp³-hybridized carbons (Fsp3) is 0.150. The second-order valence-corrected chi connectivity index (χ2v) is 6.20. The van der Waals surface area contributed by atoms with E-state index in [0.29, 0.717) is 17.9 Å². The van der Waals surface area contributed by atoms with Crippen LogP contribution in [0.3, 0.4) is 0 Å². The number of methoxy groups -OCH3 is 1. The summed E-state index contributed by atoms with van der Waals surface area (Å²) in [5, 5.41) is 3.20. The summed E-state index contributed by atoms with van der Waals surface area (Å²) in [6, 6.07) is 15.8. The Kier molecular flexibility index (Phi) is 5.56. The van der Waals surface area contributed by atoms with Crippen molar-refractivity contribution in [3.63, 3.8) is 0 Å². The molecule has 0 saturated heterocycles. The molecule has 27 heavy (non-hydrogen) atoms. The topological polar surface area (TPSA) is 34.1 Å². The van der Waals surface area contributed by atoms with Gasteiger partial charge in [-0.05, 0) is 47.0 Å². The summed E-state index contributed by atoms with van der Waals surface area (Å²) in [6.07, 6.45) is -4.46. The Morgan fingerprint density at radius 2 is 1.74 bits per heavy atom. The van der Waals surface area contributed by atoms with Gasteiger partial charge in [0.25, 0.3) is 0 Å². The van der Waals surface area contributed by atoms with Gasteiger partial charge in [-0.25, -0.2) is 4.98 Å². The molecule has 3 rings (SSSR count). The summed E-state index contributed by atoms with van der Waals surface area (Å²) < 4.78 is 45.0. The van der Waals surface area contributed by atoms with E-state index in [1.54, 1.807) is 19.2 Å². The Morgan fingerprint density at radius 1 is 1.04 bits per heavy atom. The molecular weight excluding hydrogens is 377 g/mol. The standard InChI is InChI=1S/C20H16ClF3N2O/c1-27-15-8-6-13(7-9-15)12-25-19-11-14(10-18(21)26-19)16-4-2-3-5-17(16)20(22,23)24/h2-11H,12H2,1H3,(H,25,26). The lowest BCUT2D eigenvalue weighted by molar-refractivity contribution is -0.137. The fourth-order valence-corrected chi connectivity index (χ4v) is 2.87. The van der Waals surface area contributed by atoms with Crippen LogP contribution in [0.15, 0.2) is 60.7 Å². The van der Waals surface area contributed by atoms with E-state index in [-0.39, 0.29) is 10.7 Å². The monoisotopic (exact) mass is 392 g/mol. The minimum absolute atomic E-state index is 0.0572. The van der Waals surface area contributed by atoms with Crippen molar-refractivity contribution in [3.05, 3.63) is 76.9 Å². The third kappa shape index (κ3) is 4.71. The van der Waals surface area contributed by atoms with E-state index in [9.17, 15) is 13.2 Å². The van der Waals surface area contributed by atoms with E-state index in [2.05, 4.69) is 10.3 Å². The molecule has 2 aromatic carbocycles. The quantitative estimate of drug-likeness (QED) is 0.537. The first-order valence-corrected chi connectivity index (χ1v) is 8.45. The summed E-state index contributed by atoms with van der Waals surface area (Å²) in [6.45, 7) is 0.442. The number of nitrogens with one attached hydrogen (secondary N) is 1. The Bertz CT molecular complexity index is 927. The number of halogens is 4. The molecule has 0 aliphatic rings. The van der Waals surface area contributed by atoms with Crippen LogP contribution in [0, 0.1) is 0 Å². The maximum Gasteiger partial charge on any atom is 0.417 e. The first-order chi connectivity index (χ1) is 12.9. The van der Waals surface area contributed by atoms with Gasteiger partial charge in [-0.2, -0.15) is 13.2 Å². The summed E-state index contributed by atoms with van der Waals surface area (Å²) >= 11 is 6.04. The van der Waals surface area contributed by atoms with E-state index < -0.39 is 11.7 Å². The van der Waals surface area contributed by atoms with E-state index in [1.165, 1.54) is 18.2 Å². The second-order valence-electron chi connectivity index (χ2n) is 5.81. The molecule has 140 valence electrons. The van der Waals surface area contributed by atoms with Crippen molar-refractivity contribution in [3.8, 4) is 16.9 Å². The normalized spacial score (nSPS) is 11.3. The summed E-state index contributed by atoms with van der Waals surface area (Å²) in [7, 11) is 1.59. The molecule has 0 radical (unpaired) electrons. The van der Waals surface area contributed by atoms with Crippen LogP contribution in [-0.4, -0.2) is 12.1 Å². The highest BCUT2D eigenvalue weighted by Gasteiger charge is 2.33. The number of hydrogen-bond donors (Lipinski definition) is 1. The van der Waals surface area contributed by atoms with Crippen LogP contribution >= 0.6 is 11.6 Å². The molecule has 0 spiro atoms. The van der Waals surface area contributed by atoms with E-state index in [0.717, 1.165) is 17.4 Å². The van der Waals surface area contributed by atoms with Crippen LogP contribution in [0.1, 0.15) is 11.1 Å². The van der Waals surface area contributed by atoms with Crippen molar-refractivity contribution >= 4 is 17.4 Å². The van der Waals surface area contributed by atoms with Crippen molar-refractivity contribution < 1.29 is 17.9 Å². The molecule has 0 aliphatic carbocycles. The maximum atomic E-state index is 13.3. The van der Waals surface area contributed by atoms with E-state index in [1.807, 2.05) is 24.3 Å². The molecule has 3 aromatic rings. The second kappa shape index (κ2) is 7.88. The molecule has 0 unspecified atom stereocenters. The van der Waals surface area contributed by atoms with Crippen molar-refractivity contribution in [2.75, 3.05) is 12.4 Å². The van der Waals surface area contributed by atoms with Gasteiger partial charge < -0.3 is 10.1 Å². The minimum atomic E-state index is -4.46. The number of pyridine rings is 1. The van der Waals surface area contributed by atoms with Crippen molar-refractivity contribution in [2.45, 2.75) is 12.7 Å². The van der Waals surface area contributed by atoms with Gasteiger partial charge in [0.05, 0.1) is 12.7 Å². The van der Waals surface area contributed by atoms with Gasteiger partial charge in [0.15, 0.2) is 0 Å². The third-order valence-electron chi connectivity index (χ3n) is 3.97. The molecule has 0 bridgehead atoms. The highest BCUT2D eigenvalue weighted by atomic mass is 35.5. The third-order valence-corrected chi connectivity index (χ3v) is 4.16. The number of alkyl halides is 3. The smallest absolute Gasteiger partial charge is 0.417 e. The number of nitrogens with zero attached hydrogens (tertiary/aromatic N) is 1. The molecular formula is C20H16ClF3N2O. The summed E-state index contributed by atoms with van der Waals surface area (Å²) in [5.74, 6) is 1.14. The zero-order chi connectivity index (χ0) is 19.4. The molecule has 0 amide bonds. The number of rotatable bonds is 5. The number of benzene rings is 2. The molecule has 0 atom stereocenters. The Labute approximate surface area is 159 Å². The van der Waals surface area contributed by atoms with Crippen LogP contribution in [0.5, 0.6) is 5.75 Å². The van der Waals surface area contributed by atoms with Crippen LogP contribution in [0.4, 0.5) is 19.0 Å². The van der Waals surface area contributed by atoms with Gasteiger partial charge in [0.2, 0.25) is 0 Å². The van der Waals surface area contributed by atoms with E-state index >= 15 is 0 Å². The predicted octanol–water partition coefficient (Wildman–Crippen LogP) is 6.04. The first-order valence-electron chi connectivity index (χ1n) is 8.08. The Morgan fingerprint density at radius 3 is 2.41 bits per heavy atom. The zero-order valence-corrected chi connectivity index (χ0v) is 15.1. The summed E-state index contributed by atoms with van der Waals surface area (Å²) in [4.78, 5) is 4.15. The zero-order valence-electron chi connectivity index (χ0n) is 14.3. The van der Waals surface area contributed by atoms with Gasteiger partial charge in [-0.3, -0.25) is 0 Å². The van der Waals surface area contributed by atoms with Gasteiger partial charge >= 0.3 is 6.18 Å². The van der Waals surface area contributed by atoms with Crippen LogP contribution < -0.4 is 10.1 Å². The van der Waals surface area contributed by atoms with Gasteiger partial charge in [0.1, 0.15) is 16.7 Å². The number of hydrogen-bond acceptors (Lipinski definition) is 3. The van der Waals surface area contributed by atoms with Gasteiger partial charge in [-0.1, -0.05) is 41.9 Å². The first kappa shape index (κ1) is 19.0. The molecule has 0 saturated carbocycles. The van der Waals surface area contributed by atoms with Crippen molar-refractivity contribution in [1.82, 2.24) is 4.98 Å². The predicted molar refractivity (Wildman–Crippen MR) is 100 cm³/mol. The molecule has 1 heterocycles. The molecule has 0 fully saturated rings. The van der Waals surface area contributed by atoms with Gasteiger partial charge in [-0.15, -0.1) is 0 Å². The maximum absolute atomic E-state index is 13.3. The Balaban J connectivity index is 1.87. The van der Waals surface area contributed by atoms with Crippen LogP contribution in [0.2, 0.25) is 5.15 Å². The molecule has 0 aliphatic heterocycles. The highest BCUT2D eigenvalue weighted by Crippen LogP contribution is 2.38. The van der Waals surface area contributed by atoms with Crippen molar-refractivity contribution in [2.24, 2.45) is 0 Å². The summed E-state index contributed by atoms with van der Waals surface area (Å²) in [5.41, 5.74) is 0.658. The average Bonchev–Trinajstić information content (AvgIpc) is 2.66. The van der Waals surface area contributed by atoms with Crippen LogP contribution in [0.25, 0.3) is 11.1 Å². The average molecular weight is 393 g/mol. The molecule has 1 aromatic heterocycles. The SMILES string of the molecule is COc1ccc(CNc2cc(-c3ccccc3C(F)(F)F)cc(Cl)n2)cc1. The van der Waals surface area contributed by atoms with E-state index in [4.69, 9.17) is 16.3 Å². The van der Waals surface area contributed by atoms with Crippen molar-refractivity contribution in [1.29, 1.82) is 0 Å². The fourth-order valence-electron chi connectivity index (χ4n) is 2.66. The molecule has 1 N–H and O–H groups in total. The molecule has 7 heteroatoms. The molecule has 3 nitrogen and oxygen atoms in total. The lowest BCUT2D eigenvalue weighted by atomic mass is 10.00. The lowest BCUT2D eigenvalue weighted by Gasteiger charge is -2.14. The minimum Gasteiger partial charge on any atom is -0.497 e. The van der Waals surface area contributed by atoms with Gasteiger partial charge in [0, 0.05) is 6.54 Å². The van der Waals surface area contributed by atoms with Crippen LogP contribution in [-0.2, 0) is 12.7 Å². The number of ether oxygens (including phenoxy) is 1. The lowest BCUT2D eigenvalue weighted by Crippen LogP contribution is -2.07. The number of anilines is 1.